The normalized spacial score (nSPS) is 12.4. The number of urea groups is 1. The third-order valence-electron chi connectivity index (χ3n) is 4.69. The maximum absolute atomic E-state index is 13.3. The molecule has 3 aromatic rings. The minimum absolute atomic E-state index is 0.162. The third-order valence-corrected chi connectivity index (χ3v) is 5.50. The molecule has 3 rings (SSSR count). The number of para-hydroxylation sites is 1. The number of aromatic nitrogens is 1. The van der Waals surface area contributed by atoms with Gasteiger partial charge in [-0.2, -0.15) is 0 Å². The van der Waals surface area contributed by atoms with Crippen LogP contribution in [0.15, 0.2) is 60.0 Å². The van der Waals surface area contributed by atoms with Gasteiger partial charge in [0.05, 0.1) is 5.69 Å². The fourth-order valence-corrected chi connectivity index (χ4v) is 3.63. The van der Waals surface area contributed by atoms with Gasteiger partial charge in [-0.05, 0) is 36.8 Å². The van der Waals surface area contributed by atoms with Crippen LogP contribution in [-0.2, 0) is 22.6 Å². The van der Waals surface area contributed by atoms with Gasteiger partial charge in [0.2, 0.25) is 5.91 Å². The van der Waals surface area contributed by atoms with Crippen LogP contribution in [-0.4, -0.2) is 29.1 Å². The highest BCUT2D eigenvalue weighted by Crippen LogP contribution is 2.23. The molecule has 10 heteroatoms. The zero-order valence-electron chi connectivity index (χ0n) is 19.0. The molecule has 3 N–H and O–H groups in total. The molecule has 8 nitrogen and oxygen atoms in total. The van der Waals surface area contributed by atoms with Gasteiger partial charge in [0.25, 0.3) is 0 Å². The van der Waals surface area contributed by atoms with E-state index < -0.39 is 11.6 Å². The van der Waals surface area contributed by atoms with Crippen LogP contribution in [0.25, 0.3) is 0 Å². The standard InChI is InChI=1S/C24H27FN4O4S/c1-3-21(30)29-33-24(2,16-32-20-10-5-4-6-11-20)13-19-15-34-23(27-19)28-22(31)26-14-17-8-7-9-18(25)12-17/h4-12,15H,3,13-14,16H2,1-2H3,(H,29,30)(H2,26,27,28,31). The molecule has 1 heterocycles. The number of ether oxygens (including phenoxy) is 1. The lowest BCUT2D eigenvalue weighted by Crippen LogP contribution is -2.44. The average molecular weight is 487 g/mol. The molecule has 1 atom stereocenters. The zero-order valence-corrected chi connectivity index (χ0v) is 19.8. The summed E-state index contributed by atoms with van der Waals surface area (Å²) in [6.45, 7) is 3.88. The zero-order chi connectivity index (χ0) is 24.4. The van der Waals surface area contributed by atoms with E-state index in [9.17, 15) is 14.0 Å². The summed E-state index contributed by atoms with van der Waals surface area (Å²) in [5, 5.41) is 7.54. The van der Waals surface area contributed by atoms with Crippen molar-refractivity contribution in [2.45, 2.75) is 38.8 Å². The summed E-state index contributed by atoms with van der Waals surface area (Å²) < 4.78 is 19.1. The Morgan fingerprint density at radius 1 is 1.15 bits per heavy atom. The molecule has 0 aliphatic rings. The molecule has 0 aliphatic heterocycles. The van der Waals surface area contributed by atoms with Gasteiger partial charge in [0, 0.05) is 24.8 Å². The summed E-state index contributed by atoms with van der Waals surface area (Å²) in [6.07, 6.45) is 0.609. The highest BCUT2D eigenvalue weighted by molar-refractivity contribution is 7.13. The number of carbonyl (C=O) groups is 2. The molecule has 1 unspecified atom stereocenters. The van der Waals surface area contributed by atoms with Gasteiger partial charge in [-0.1, -0.05) is 37.3 Å². The minimum atomic E-state index is -0.911. The van der Waals surface area contributed by atoms with Crippen molar-refractivity contribution >= 4 is 28.4 Å². The minimum Gasteiger partial charge on any atom is -0.490 e. The van der Waals surface area contributed by atoms with Crippen LogP contribution in [0.2, 0.25) is 0 Å². The molecule has 0 saturated carbocycles. The van der Waals surface area contributed by atoms with E-state index >= 15 is 0 Å². The van der Waals surface area contributed by atoms with E-state index in [1.54, 1.807) is 24.4 Å². The molecule has 0 aliphatic carbocycles. The summed E-state index contributed by atoms with van der Waals surface area (Å²) >= 11 is 1.26. The highest BCUT2D eigenvalue weighted by atomic mass is 32.1. The predicted octanol–water partition coefficient (Wildman–Crippen LogP) is 4.44. The lowest BCUT2D eigenvalue weighted by Gasteiger charge is -2.28. The number of hydrogen-bond acceptors (Lipinski definition) is 6. The number of amides is 3. The average Bonchev–Trinajstić information content (AvgIpc) is 3.27. The lowest BCUT2D eigenvalue weighted by molar-refractivity contribution is -0.154. The van der Waals surface area contributed by atoms with Crippen molar-refractivity contribution in [2.75, 3.05) is 11.9 Å². The third kappa shape index (κ3) is 8.13. The monoisotopic (exact) mass is 486 g/mol. The van der Waals surface area contributed by atoms with Crippen molar-refractivity contribution < 1.29 is 23.6 Å². The Labute approximate surface area is 201 Å². The number of benzene rings is 2. The van der Waals surface area contributed by atoms with Crippen molar-refractivity contribution in [1.82, 2.24) is 15.8 Å². The van der Waals surface area contributed by atoms with Crippen molar-refractivity contribution in [3.63, 3.8) is 0 Å². The van der Waals surface area contributed by atoms with Crippen LogP contribution in [0.4, 0.5) is 14.3 Å². The molecular formula is C24H27FN4O4S. The molecule has 180 valence electrons. The first kappa shape index (κ1) is 25.1. The fourth-order valence-electron chi connectivity index (χ4n) is 2.92. The van der Waals surface area contributed by atoms with Gasteiger partial charge in [-0.3, -0.25) is 14.9 Å². The Morgan fingerprint density at radius 3 is 2.68 bits per heavy atom. The molecule has 3 amide bonds. The van der Waals surface area contributed by atoms with Crippen LogP contribution in [0, 0.1) is 5.82 Å². The summed E-state index contributed by atoms with van der Waals surface area (Å²) in [4.78, 5) is 34.1. The molecule has 2 aromatic carbocycles. The maximum atomic E-state index is 13.3. The molecule has 34 heavy (non-hydrogen) atoms. The van der Waals surface area contributed by atoms with Gasteiger partial charge >= 0.3 is 6.03 Å². The largest absolute Gasteiger partial charge is 0.490 e. The van der Waals surface area contributed by atoms with E-state index in [4.69, 9.17) is 9.57 Å². The van der Waals surface area contributed by atoms with Crippen LogP contribution in [0.1, 0.15) is 31.5 Å². The number of anilines is 1. The van der Waals surface area contributed by atoms with Gasteiger partial charge in [-0.25, -0.2) is 19.6 Å². The molecule has 0 bridgehead atoms. The second-order valence-electron chi connectivity index (χ2n) is 7.79. The quantitative estimate of drug-likeness (QED) is 0.348. The van der Waals surface area contributed by atoms with Crippen LogP contribution in [0.5, 0.6) is 5.75 Å². The molecule has 0 radical (unpaired) electrons. The molecule has 0 saturated heterocycles. The van der Waals surface area contributed by atoms with Crippen molar-refractivity contribution in [2.24, 2.45) is 0 Å². The SMILES string of the molecule is CCC(=O)NOC(C)(COc1ccccc1)Cc1csc(NC(=O)NCc2cccc(F)c2)n1. The lowest BCUT2D eigenvalue weighted by atomic mass is 10.0. The van der Waals surface area contributed by atoms with E-state index in [0.29, 0.717) is 28.6 Å². The van der Waals surface area contributed by atoms with Crippen molar-refractivity contribution in [3.8, 4) is 5.75 Å². The first-order valence-electron chi connectivity index (χ1n) is 10.7. The van der Waals surface area contributed by atoms with E-state index in [2.05, 4.69) is 21.1 Å². The highest BCUT2D eigenvalue weighted by Gasteiger charge is 2.30. The summed E-state index contributed by atoms with van der Waals surface area (Å²) in [5.41, 5.74) is 2.85. The number of thiazole rings is 1. The smallest absolute Gasteiger partial charge is 0.321 e. The van der Waals surface area contributed by atoms with E-state index in [1.165, 1.54) is 23.5 Å². The van der Waals surface area contributed by atoms with Gasteiger partial charge in [-0.15, -0.1) is 11.3 Å². The second-order valence-corrected chi connectivity index (χ2v) is 8.65. The van der Waals surface area contributed by atoms with E-state index in [1.807, 2.05) is 37.3 Å². The molecular weight excluding hydrogens is 459 g/mol. The number of nitrogens with one attached hydrogen (secondary N) is 3. The molecule has 0 spiro atoms. The van der Waals surface area contributed by atoms with Crippen LogP contribution in [0.3, 0.4) is 0 Å². The maximum Gasteiger partial charge on any atom is 0.321 e. The van der Waals surface area contributed by atoms with E-state index in [-0.39, 0.29) is 31.3 Å². The number of hydroxylamine groups is 1. The predicted molar refractivity (Wildman–Crippen MR) is 128 cm³/mol. The fraction of sp³-hybridized carbons (Fsp3) is 0.292. The van der Waals surface area contributed by atoms with Crippen molar-refractivity contribution in [3.05, 3.63) is 77.1 Å². The van der Waals surface area contributed by atoms with E-state index in [0.717, 1.165) is 0 Å². The topological polar surface area (TPSA) is 102 Å². The molecule has 0 fully saturated rings. The Kier molecular flexibility index (Phi) is 8.94. The summed E-state index contributed by atoms with van der Waals surface area (Å²) in [5.74, 6) is 0.0668. The Hall–Kier alpha value is -3.50. The summed E-state index contributed by atoms with van der Waals surface area (Å²) in [7, 11) is 0. The summed E-state index contributed by atoms with van der Waals surface area (Å²) in [6, 6.07) is 14.8. The Bertz CT molecular complexity index is 1100. The number of hydrogen-bond donors (Lipinski definition) is 3. The Balaban J connectivity index is 1.58. The van der Waals surface area contributed by atoms with Gasteiger partial charge in [0.1, 0.15) is 23.8 Å². The number of rotatable bonds is 11. The number of carbonyl (C=O) groups excluding carboxylic acids is 2. The molecule has 1 aromatic heterocycles. The number of nitrogens with zero attached hydrogens (tertiary/aromatic N) is 1. The first-order valence-corrected chi connectivity index (χ1v) is 11.6. The Morgan fingerprint density at radius 2 is 1.94 bits per heavy atom. The second kappa shape index (κ2) is 12.1. The van der Waals surface area contributed by atoms with Crippen LogP contribution >= 0.6 is 11.3 Å². The van der Waals surface area contributed by atoms with Crippen molar-refractivity contribution in [1.29, 1.82) is 0 Å². The first-order chi connectivity index (χ1) is 16.3. The van der Waals surface area contributed by atoms with Gasteiger partial charge < -0.3 is 10.1 Å². The number of halogens is 1. The van der Waals surface area contributed by atoms with Crippen LogP contribution < -0.4 is 20.9 Å². The van der Waals surface area contributed by atoms with Gasteiger partial charge in [0.15, 0.2) is 5.13 Å².